The van der Waals surface area contributed by atoms with E-state index in [1.165, 1.54) is 0 Å². The molecule has 0 aliphatic heterocycles. The van der Waals surface area contributed by atoms with Crippen molar-refractivity contribution in [1.29, 1.82) is 5.41 Å². The Bertz CT molecular complexity index is 1540. The van der Waals surface area contributed by atoms with Gasteiger partial charge in [0, 0.05) is 6.54 Å². The van der Waals surface area contributed by atoms with Crippen molar-refractivity contribution in [3.8, 4) is 40.5 Å². The van der Waals surface area contributed by atoms with Crippen LogP contribution in [-0.2, 0) is 4.79 Å². The van der Waals surface area contributed by atoms with Crippen LogP contribution in [0.4, 0.5) is 13.2 Å². The smallest absolute Gasteiger partial charge is 0.490 e. The van der Waals surface area contributed by atoms with Gasteiger partial charge in [-0.05, 0) is 72.9 Å². The van der Waals surface area contributed by atoms with Crippen molar-refractivity contribution in [2.45, 2.75) is 31.9 Å². The number of halogens is 3. The van der Waals surface area contributed by atoms with Crippen molar-refractivity contribution in [3.63, 3.8) is 0 Å². The van der Waals surface area contributed by atoms with Gasteiger partial charge in [0.15, 0.2) is 29.0 Å². The highest BCUT2D eigenvalue weighted by molar-refractivity contribution is 5.75. The number of unbranched alkanes of at least 4 members (excludes halogenated alkanes) is 3. The number of methoxy groups -OCH3 is 6. The second-order valence-corrected chi connectivity index (χ2v) is 10.5. The number of rotatable bonds is 18. The van der Waals surface area contributed by atoms with Crippen LogP contribution in [0, 0.1) is 5.41 Å². The van der Waals surface area contributed by atoms with Gasteiger partial charge in [0.05, 0.1) is 60.7 Å². The zero-order valence-corrected chi connectivity index (χ0v) is 29.8. The van der Waals surface area contributed by atoms with E-state index in [0.29, 0.717) is 59.0 Å². The van der Waals surface area contributed by atoms with Crippen LogP contribution < -0.4 is 44.2 Å². The number of nitrogens with zero attached hydrogens (tertiary/aromatic N) is 2. The fraction of sp³-hybridized carbons (Fsp3) is 0.371. The number of carboxylic acids is 1. The third-order valence-electron chi connectivity index (χ3n) is 6.87. The summed E-state index contributed by atoms with van der Waals surface area (Å²) in [6, 6.07) is 9.55. The molecule has 5 N–H and O–H groups in total. The summed E-state index contributed by atoms with van der Waals surface area (Å²) in [5.41, 5.74) is 8.28. The zero-order valence-electron chi connectivity index (χ0n) is 29.8. The number of hydrogen-bond acceptors (Lipinski definition) is 11. The maximum atomic E-state index is 10.6. The molecule has 3 rings (SSSR count). The van der Waals surface area contributed by atoms with Gasteiger partial charge in [0.2, 0.25) is 11.5 Å². The third-order valence-corrected chi connectivity index (χ3v) is 6.87. The van der Waals surface area contributed by atoms with Crippen molar-refractivity contribution in [2.24, 2.45) is 5.73 Å². The van der Waals surface area contributed by atoms with E-state index in [4.69, 9.17) is 54.2 Å². The first kappa shape index (κ1) is 42.3. The SMILES string of the molecule is COc1cc(C=Cc2cc(C=Cc3cc(OC)c(OC)c(OC)c3)nc(OCCCCCCNC(=N)N)n2)cc(OC)c1OC.O=C(O)C(F)(F)F. The highest BCUT2D eigenvalue weighted by Gasteiger charge is 2.38. The molecular formula is C35H44F3N5O9. The molecule has 14 nitrogen and oxygen atoms in total. The van der Waals surface area contributed by atoms with Crippen LogP contribution in [0.1, 0.15) is 48.2 Å². The van der Waals surface area contributed by atoms with Gasteiger partial charge in [-0.3, -0.25) is 5.41 Å². The van der Waals surface area contributed by atoms with Gasteiger partial charge in [-0.2, -0.15) is 23.1 Å². The molecule has 3 aromatic rings. The lowest BCUT2D eigenvalue weighted by molar-refractivity contribution is -0.192. The molecule has 0 amide bonds. The highest BCUT2D eigenvalue weighted by Crippen LogP contribution is 2.39. The maximum absolute atomic E-state index is 10.6. The second kappa shape index (κ2) is 21.4. The molecule has 0 atom stereocenters. The number of guanidine groups is 1. The Morgan fingerprint density at radius 3 is 1.48 bits per heavy atom. The third kappa shape index (κ3) is 13.8. The quantitative estimate of drug-likeness (QED) is 0.0685. The molecule has 17 heteroatoms. The number of hydrogen-bond donors (Lipinski definition) is 4. The fourth-order valence-corrected chi connectivity index (χ4v) is 4.42. The average molecular weight is 736 g/mol. The molecular weight excluding hydrogens is 691 g/mol. The Labute approximate surface area is 299 Å². The Morgan fingerprint density at radius 1 is 0.731 bits per heavy atom. The van der Waals surface area contributed by atoms with Crippen molar-refractivity contribution < 1.29 is 56.2 Å². The van der Waals surface area contributed by atoms with E-state index >= 15 is 0 Å². The summed E-state index contributed by atoms with van der Waals surface area (Å²) in [4.78, 5) is 18.1. The normalized spacial score (nSPS) is 11.0. The maximum Gasteiger partial charge on any atom is 0.490 e. The molecule has 1 aromatic heterocycles. The van der Waals surface area contributed by atoms with Crippen LogP contribution in [0.25, 0.3) is 24.3 Å². The summed E-state index contributed by atoms with van der Waals surface area (Å²) in [6.07, 6.45) is 6.18. The summed E-state index contributed by atoms with van der Waals surface area (Å²) in [5.74, 6) is 0.470. The summed E-state index contributed by atoms with van der Waals surface area (Å²) >= 11 is 0. The van der Waals surface area contributed by atoms with Crippen LogP contribution in [0.5, 0.6) is 40.5 Å². The monoisotopic (exact) mass is 735 g/mol. The number of aromatic nitrogens is 2. The van der Waals surface area contributed by atoms with Crippen molar-refractivity contribution in [2.75, 3.05) is 55.8 Å². The molecule has 0 radical (unpaired) electrons. The highest BCUT2D eigenvalue weighted by atomic mass is 19.4. The van der Waals surface area contributed by atoms with E-state index in [9.17, 15) is 13.2 Å². The summed E-state index contributed by atoms with van der Waals surface area (Å²) in [7, 11) is 9.44. The number of alkyl halides is 3. The summed E-state index contributed by atoms with van der Waals surface area (Å²) in [6.45, 7) is 1.15. The average Bonchev–Trinajstić information content (AvgIpc) is 3.12. The standard InChI is InChI=1S/C33H43N5O7.C2HF3O2/c1-39-26-17-22(18-27(40-2)30(26)43-5)11-13-24-21-25(14-12-23-19-28(41-3)31(44-6)29(20-23)42-4)38-33(37-24)45-16-10-8-7-9-15-36-32(34)35;3-2(4,5)1(6)7/h11-14,17-21H,7-10,15-16H2,1-6H3,(H4,34,35,36);(H,6,7). The zero-order chi connectivity index (χ0) is 38.7. The molecule has 284 valence electrons. The predicted molar refractivity (Wildman–Crippen MR) is 190 cm³/mol. The Hall–Kier alpha value is -5.87. The molecule has 0 aliphatic carbocycles. The van der Waals surface area contributed by atoms with Gasteiger partial charge >= 0.3 is 18.2 Å². The van der Waals surface area contributed by atoms with Gasteiger partial charge in [-0.25, -0.2) is 4.79 Å². The van der Waals surface area contributed by atoms with Crippen molar-refractivity contribution in [1.82, 2.24) is 15.3 Å². The number of nitrogens with one attached hydrogen (secondary N) is 2. The Balaban J connectivity index is 0.00000121. The predicted octanol–water partition coefficient (Wildman–Crippen LogP) is 5.92. The molecule has 0 bridgehead atoms. The first-order valence-corrected chi connectivity index (χ1v) is 15.7. The number of aliphatic carboxylic acids is 1. The van der Waals surface area contributed by atoms with Gasteiger partial charge in [-0.1, -0.05) is 18.6 Å². The van der Waals surface area contributed by atoms with Crippen LogP contribution in [0.2, 0.25) is 0 Å². The van der Waals surface area contributed by atoms with Crippen molar-refractivity contribution >= 4 is 36.2 Å². The fourth-order valence-electron chi connectivity index (χ4n) is 4.42. The van der Waals surface area contributed by atoms with Crippen LogP contribution in [-0.4, -0.2) is 89.0 Å². The lowest BCUT2D eigenvalue weighted by atomic mass is 10.1. The Morgan fingerprint density at radius 2 is 1.13 bits per heavy atom. The van der Waals surface area contributed by atoms with E-state index in [-0.39, 0.29) is 12.0 Å². The molecule has 0 unspecified atom stereocenters. The van der Waals surface area contributed by atoms with Gasteiger partial charge in [0.1, 0.15) is 0 Å². The van der Waals surface area contributed by atoms with E-state index in [2.05, 4.69) is 15.3 Å². The number of nitrogens with two attached hydrogens (primary N) is 1. The van der Waals surface area contributed by atoms with Crippen LogP contribution >= 0.6 is 0 Å². The van der Waals surface area contributed by atoms with E-state index in [1.54, 1.807) is 42.7 Å². The number of carbonyl (C=O) groups is 1. The second-order valence-electron chi connectivity index (χ2n) is 10.5. The molecule has 0 saturated heterocycles. The minimum Gasteiger partial charge on any atom is -0.493 e. The lowest BCUT2D eigenvalue weighted by Gasteiger charge is -2.13. The molecule has 0 aliphatic rings. The largest absolute Gasteiger partial charge is 0.493 e. The van der Waals surface area contributed by atoms with Gasteiger partial charge in [0.25, 0.3) is 0 Å². The first-order chi connectivity index (χ1) is 24.8. The minimum absolute atomic E-state index is 0.00945. The number of ether oxygens (including phenoxy) is 7. The lowest BCUT2D eigenvalue weighted by Crippen LogP contribution is -2.30. The molecule has 52 heavy (non-hydrogen) atoms. The van der Waals surface area contributed by atoms with Crippen molar-refractivity contribution in [3.05, 3.63) is 52.8 Å². The molecule has 0 fully saturated rings. The van der Waals surface area contributed by atoms with Crippen LogP contribution in [0.15, 0.2) is 30.3 Å². The van der Waals surface area contributed by atoms with Crippen LogP contribution in [0.3, 0.4) is 0 Å². The molecule has 2 aromatic carbocycles. The summed E-state index contributed by atoms with van der Waals surface area (Å²) < 4.78 is 70.5. The van der Waals surface area contributed by atoms with Gasteiger partial charge in [-0.15, -0.1) is 0 Å². The summed E-state index contributed by atoms with van der Waals surface area (Å²) in [5, 5.41) is 17.2. The molecule has 0 spiro atoms. The molecule has 0 saturated carbocycles. The Kier molecular flexibility index (Phi) is 17.4. The number of carboxylic acid groups (broad SMARTS) is 1. The number of benzene rings is 2. The van der Waals surface area contributed by atoms with Gasteiger partial charge < -0.3 is 49.3 Å². The van der Waals surface area contributed by atoms with E-state index in [0.717, 1.165) is 36.8 Å². The minimum atomic E-state index is -5.08. The molecule has 1 heterocycles. The first-order valence-electron chi connectivity index (χ1n) is 15.7. The van der Waals surface area contributed by atoms with E-state index in [1.807, 2.05) is 54.6 Å². The van der Waals surface area contributed by atoms with E-state index < -0.39 is 12.1 Å². The topological polar surface area (TPSA) is 190 Å².